The average Bonchev–Trinajstić information content (AvgIpc) is 2.24. The number of nitrogens with one attached hydrogen (secondary N) is 1. The van der Waals surface area contributed by atoms with Gasteiger partial charge in [-0.3, -0.25) is 0 Å². The van der Waals surface area contributed by atoms with Crippen molar-refractivity contribution in [1.82, 2.24) is 5.32 Å². The summed E-state index contributed by atoms with van der Waals surface area (Å²) in [6.07, 6.45) is 0.570. The summed E-state index contributed by atoms with van der Waals surface area (Å²) in [6.45, 7) is 5.08. The number of carbonyl (C=O) groups is 1. The molecule has 0 fully saturated rings. The van der Waals surface area contributed by atoms with E-state index in [9.17, 15) is 4.79 Å². The minimum Gasteiger partial charge on any atom is -0.478 e. The average molecular weight is 217 g/mol. The summed E-state index contributed by atoms with van der Waals surface area (Å²) in [6, 6.07) is 0. The molecule has 5 heteroatoms. The maximum absolute atomic E-state index is 10.8. The third kappa shape index (κ3) is 3.89. The molecule has 88 valence electrons. The molecule has 0 saturated heterocycles. The minimum absolute atomic E-state index is 0.262. The Balaban J connectivity index is 4.87. The molecule has 15 heavy (non-hydrogen) atoms. The molecule has 5 nitrogen and oxygen atoms in total. The van der Waals surface area contributed by atoms with E-state index in [2.05, 4.69) is 5.32 Å². The first-order valence-corrected chi connectivity index (χ1v) is 4.71. The quantitative estimate of drug-likeness (QED) is 0.518. The number of allylic oxidation sites excluding steroid dienone is 1. The van der Waals surface area contributed by atoms with E-state index in [1.54, 1.807) is 13.8 Å². The number of carboxylic acid groups (broad SMARTS) is 1. The van der Waals surface area contributed by atoms with Gasteiger partial charge in [0.05, 0.1) is 5.57 Å². The number of carboxylic acids is 1. The highest BCUT2D eigenvalue weighted by Crippen LogP contribution is 2.13. The van der Waals surface area contributed by atoms with Gasteiger partial charge in [0.25, 0.3) is 0 Å². The second-order valence-electron chi connectivity index (χ2n) is 3.24. The van der Waals surface area contributed by atoms with Crippen LogP contribution in [0.1, 0.15) is 27.2 Å². The summed E-state index contributed by atoms with van der Waals surface area (Å²) in [5.41, 5.74) is 0.853. The molecule has 0 aliphatic carbocycles. The molecular weight excluding hydrogens is 198 g/mol. The van der Waals surface area contributed by atoms with Crippen LogP contribution in [0.5, 0.6) is 0 Å². The van der Waals surface area contributed by atoms with Gasteiger partial charge in [-0.05, 0) is 13.3 Å². The predicted octanol–water partition coefficient (Wildman–Crippen LogP) is 1.31. The van der Waals surface area contributed by atoms with E-state index < -0.39 is 11.9 Å². The van der Waals surface area contributed by atoms with Crippen molar-refractivity contribution in [3.8, 4) is 0 Å². The molecule has 0 spiro atoms. The Bertz CT molecular complexity index is 256. The molecule has 2 N–H and O–H groups in total. The van der Waals surface area contributed by atoms with Crippen LogP contribution < -0.4 is 5.32 Å². The van der Waals surface area contributed by atoms with Gasteiger partial charge < -0.3 is 19.9 Å². The van der Waals surface area contributed by atoms with Crippen molar-refractivity contribution < 1.29 is 19.4 Å². The van der Waals surface area contributed by atoms with E-state index in [-0.39, 0.29) is 5.57 Å². The van der Waals surface area contributed by atoms with Crippen LogP contribution in [0.3, 0.4) is 0 Å². The molecule has 0 aromatic carbocycles. The van der Waals surface area contributed by atoms with Crippen LogP contribution in [0, 0.1) is 0 Å². The van der Waals surface area contributed by atoms with Gasteiger partial charge in [-0.1, -0.05) is 6.92 Å². The molecule has 0 aromatic heterocycles. The van der Waals surface area contributed by atoms with E-state index in [1.165, 1.54) is 14.2 Å². The monoisotopic (exact) mass is 217 g/mol. The zero-order valence-corrected chi connectivity index (χ0v) is 9.88. The second-order valence-corrected chi connectivity index (χ2v) is 3.24. The summed E-state index contributed by atoms with van der Waals surface area (Å²) < 4.78 is 10.2. The number of hydrogen-bond acceptors (Lipinski definition) is 4. The standard InChI is InChI=1S/C10H19NO4/c1-6-8(7(2)9(12)13)11-10(3,14-4)15-5/h11H,6H2,1-5H3,(H,12,13). The van der Waals surface area contributed by atoms with Gasteiger partial charge in [0.2, 0.25) is 5.91 Å². The van der Waals surface area contributed by atoms with Crippen molar-refractivity contribution in [2.45, 2.75) is 33.1 Å². The van der Waals surface area contributed by atoms with E-state index >= 15 is 0 Å². The zero-order valence-electron chi connectivity index (χ0n) is 9.88. The lowest BCUT2D eigenvalue weighted by Crippen LogP contribution is -2.45. The summed E-state index contributed by atoms with van der Waals surface area (Å²) in [7, 11) is 2.97. The molecule has 0 atom stereocenters. The van der Waals surface area contributed by atoms with Crippen molar-refractivity contribution in [3.63, 3.8) is 0 Å². The Kier molecular flexibility index (Phi) is 5.32. The maximum atomic E-state index is 10.8. The van der Waals surface area contributed by atoms with Gasteiger partial charge in [-0.2, -0.15) is 0 Å². The van der Waals surface area contributed by atoms with Crippen LogP contribution in [0.2, 0.25) is 0 Å². The Morgan fingerprint density at radius 3 is 2.13 bits per heavy atom. The van der Waals surface area contributed by atoms with E-state index in [1.807, 2.05) is 6.92 Å². The van der Waals surface area contributed by atoms with Crippen LogP contribution in [-0.2, 0) is 14.3 Å². The predicted molar refractivity (Wildman–Crippen MR) is 56.2 cm³/mol. The van der Waals surface area contributed by atoms with E-state index in [4.69, 9.17) is 14.6 Å². The molecule has 0 aromatic rings. The maximum Gasteiger partial charge on any atom is 0.333 e. The van der Waals surface area contributed by atoms with Crippen molar-refractivity contribution in [1.29, 1.82) is 0 Å². The van der Waals surface area contributed by atoms with Crippen LogP contribution in [0.15, 0.2) is 11.3 Å². The number of hydrogen-bond donors (Lipinski definition) is 2. The first-order valence-electron chi connectivity index (χ1n) is 4.71. The van der Waals surface area contributed by atoms with Crippen molar-refractivity contribution in [2.24, 2.45) is 0 Å². The van der Waals surface area contributed by atoms with Crippen molar-refractivity contribution >= 4 is 5.97 Å². The third-order valence-corrected chi connectivity index (χ3v) is 2.28. The van der Waals surface area contributed by atoms with Crippen LogP contribution >= 0.6 is 0 Å². The van der Waals surface area contributed by atoms with Crippen molar-refractivity contribution in [2.75, 3.05) is 14.2 Å². The van der Waals surface area contributed by atoms with E-state index in [0.717, 1.165) is 0 Å². The van der Waals surface area contributed by atoms with Gasteiger partial charge in [-0.15, -0.1) is 0 Å². The molecule has 0 radical (unpaired) electrons. The lowest BCUT2D eigenvalue weighted by atomic mass is 10.2. The number of aliphatic carboxylic acids is 1. The fourth-order valence-corrected chi connectivity index (χ4v) is 1.04. The zero-order chi connectivity index (χ0) is 12.1. The Hall–Kier alpha value is -1.07. The lowest BCUT2D eigenvalue weighted by molar-refractivity contribution is -0.209. The van der Waals surface area contributed by atoms with Crippen LogP contribution in [-0.4, -0.2) is 31.2 Å². The summed E-state index contributed by atoms with van der Waals surface area (Å²) >= 11 is 0. The molecule has 0 aliphatic heterocycles. The number of rotatable bonds is 6. The Morgan fingerprint density at radius 2 is 1.87 bits per heavy atom. The van der Waals surface area contributed by atoms with Gasteiger partial charge in [0.15, 0.2) is 0 Å². The highest BCUT2D eigenvalue weighted by atomic mass is 16.7. The Labute approximate surface area is 90.1 Å². The first kappa shape index (κ1) is 13.9. The smallest absolute Gasteiger partial charge is 0.333 e. The molecule has 0 bridgehead atoms. The molecule has 0 heterocycles. The minimum atomic E-state index is -0.998. The summed E-state index contributed by atoms with van der Waals surface area (Å²) in [5.74, 6) is -1.95. The molecular formula is C10H19NO4. The van der Waals surface area contributed by atoms with Crippen LogP contribution in [0.4, 0.5) is 0 Å². The highest BCUT2D eigenvalue weighted by Gasteiger charge is 2.24. The molecule has 0 saturated carbocycles. The topological polar surface area (TPSA) is 67.8 Å². The highest BCUT2D eigenvalue weighted by molar-refractivity contribution is 5.86. The fourth-order valence-electron chi connectivity index (χ4n) is 1.04. The van der Waals surface area contributed by atoms with Crippen LogP contribution in [0.25, 0.3) is 0 Å². The SMILES string of the molecule is CCC(NC(C)(OC)OC)=C(C)C(=O)O. The Morgan fingerprint density at radius 1 is 1.40 bits per heavy atom. The van der Waals surface area contributed by atoms with Gasteiger partial charge in [-0.25, -0.2) is 4.79 Å². The summed E-state index contributed by atoms with van der Waals surface area (Å²) in [4.78, 5) is 10.8. The number of ether oxygens (including phenoxy) is 2. The number of methoxy groups -OCH3 is 2. The largest absolute Gasteiger partial charge is 0.478 e. The fraction of sp³-hybridized carbons (Fsp3) is 0.700. The molecule has 0 amide bonds. The third-order valence-electron chi connectivity index (χ3n) is 2.28. The van der Waals surface area contributed by atoms with Gasteiger partial charge in [0, 0.05) is 26.8 Å². The van der Waals surface area contributed by atoms with E-state index in [0.29, 0.717) is 12.1 Å². The van der Waals surface area contributed by atoms with Gasteiger partial charge >= 0.3 is 5.97 Å². The molecule has 0 unspecified atom stereocenters. The molecule has 0 rings (SSSR count). The summed E-state index contributed by atoms with van der Waals surface area (Å²) in [5, 5.41) is 11.8. The first-order chi connectivity index (χ1) is 6.90. The second kappa shape index (κ2) is 5.72. The molecule has 0 aliphatic rings. The van der Waals surface area contributed by atoms with Crippen molar-refractivity contribution in [3.05, 3.63) is 11.3 Å². The normalized spacial score (nSPS) is 13.4. The lowest BCUT2D eigenvalue weighted by Gasteiger charge is -2.29. The van der Waals surface area contributed by atoms with Gasteiger partial charge in [0.1, 0.15) is 0 Å².